The normalized spacial score (nSPS) is 11.0. The smallest absolute Gasteiger partial charge is 0.253 e. The van der Waals surface area contributed by atoms with Gasteiger partial charge in [-0.3, -0.25) is 4.79 Å². The second kappa shape index (κ2) is 7.38. The Hall–Kier alpha value is -1.65. The molecule has 4 nitrogen and oxygen atoms in total. The third kappa shape index (κ3) is 4.16. The summed E-state index contributed by atoms with van der Waals surface area (Å²) in [4.78, 5) is 16.3. The fourth-order valence-corrected chi connectivity index (χ4v) is 2.24. The molecule has 0 aliphatic carbocycles. The second-order valence-electron chi connectivity index (χ2n) is 5.04. The minimum Gasteiger partial charge on any atom is -0.379 e. The number of carbonyl (C=O) groups is 1. The van der Waals surface area contributed by atoms with Gasteiger partial charge < -0.3 is 10.1 Å². The predicted octanol–water partition coefficient (Wildman–Crippen LogP) is 3.43. The Morgan fingerprint density at radius 1 is 1.33 bits per heavy atom. The molecule has 0 radical (unpaired) electrons. The molecule has 2 rings (SSSR count). The van der Waals surface area contributed by atoms with Gasteiger partial charge in [0.2, 0.25) is 0 Å². The van der Waals surface area contributed by atoms with Crippen LogP contribution < -0.4 is 5.32 Å². The van der Waals surface area contributed by atoms with E-state index in [9.17, 15) is 4.79 Å². The molecule has 1 N–H and O–H groups in total. The molecule has 0 bridgehead atoms. The zero-order chi connectivity index (χ0) is 15.2. The first kappa shape index (κ1) is 15.7. The van der Waals surface area contributed by atoms with Gasteiger partial charge >= 0.3 is 0 Å². The number of hydrogen-bond donors (Lipinski definition) is 1. The first-order valence-corrected chi connectivity index (χ1v) is 7.40. The Kier molecular flexibility index (Phi) is 5.53. The van der Waals surface area contributed by atoms with Crippen LogP contribution in [0.5, 0.6) is 0 Å². The number of rotatable bonds is 6. The standard InChI is InChI=1S/C16H19ClN2O2/c1-11(2)21-9-5-8-18-16(20)14-10-19-15(17)13-7-4-3-6-12(13)14/h3-4,6-7,10-11H,5,8-9H2,1-2H3,(H,18,20). The summed E-state index contributed by atoms with van der Waals surface area (Å²) in [5.74, 6) is -0.139. The molecule has 0 saturated heterocycles. The minimum absolute atomic E-state index is 0.139. The van der Waals surface area contributed by atoms with Crippen LogP contribution in [0.2, 0.25) is 5.15 Å². The van der Waals surface area contributed by atoms with Gasteiger partial charge in [0.25, 0.3) is 5.91 Å². The van der Waals surface area contributed by atoms with Crippen LogP contribution in [0.4, 0.5) is 0 Å². The molecule has 0 saturated carbocycles. The molecular formula is C16H19ClN2O2. The van der Waals surface area contributed by atoms with E-state index in [4.69, 9.17) is 16.3 Å². The highest BCUT2D eigenvalue weighted by Gasteiger charge is 2.12. The zero-order valence-electron chi connectivity index (χ0n) is 12.2. The molecule has 1 aromatic heterocycles. The number of halogens is 1. The molecule has 1 heterocycles. The maximum atomic E-state index is 12.2. The van der Waals surface area contributed by atoms with Gasteiger partial charge in [-0.1, -0.05) is 35.9 Å². The van der Waals surface area contributed by atoms with E-state index in [1.807, 2.05) is 38.1 Å². The Balaban J connectivity index is 2.02. The Labute approximate surface area is 129 Å². The van der Waals surface area contributed by atoms with Gasteiger partial charge in [0, 0.05) is 24.7 Å². The van der Waals surface area contributed by atoms with Gasteiger partial charge in [0.15, 0.2) is 0 Å². The summed E-state index contributed by atoms with van der Waals surface area (Å²) < 4.78 is 5.43. The average Bonchev–Trinajstić information content (AvgIpc) is 2.47. The van der Waals surface area contributed by atoms with Crippen LogP contribution >= 0.6 is 11.6 Å². The van der Waals surface area contributed by atoms with Crippen molar-refractivity contribution in [2.45, 2.75) is 26.4 Å². The van der Waals surface area contributed by atoms with Crippen LogP contribution in [-0.4, -0.2) is 30.1 Å². The number of pyridine rings is 1. The van der Waals surface area contributed by atoms with Crippen LogP contribution in [0, 0.1) is 0 Å². The molecule has 112 valence electrons. The molecule has 1 aromatic carbocycles. The van der Waals surface area contributed by atoms with Gasteiger partial charge in [-0.05, 0) is 25.7 Å². The van der Waals surface area contributed by atoms with Crippen LogP contribution in [0.3, 0.4) is 0 Å². The summed E-state index contributed by atoms with van der Waals surface area (Å²) >= 11 is 6.05. The highest BCUT2D eigenvalue weighted by atomic mass is 35.5. The summed E-state index contributed by atoms with van der Waals surface area (Å²) in [6.45, 7) is 5.19. The summed E-state index contributed by atoms with van der Waals surface area (Å²) in [6.07, 6.45) is 2.51. The van der Waals surface area contributed by atoms with Crippen LogP contribution in [0.25, 0.3) is 10.8 Å². The van der Waals surface area contributed by atoms with Crippen molar-refractivity contribution in [1.29, 1.82) is 0 Å². The summed E-state index contributed by atoms with van der Waals surface area (Å²) in [5, 5.41) is 4.89. The molecule has 1 amide bonds. The number of nitrogens with one attached hydrogen (secondary N) is 1. The SMILES string of the molecule is CC(C)OCCCNC(=O)c1cnc(Cl)c2ccccc12. The Morgan fingerprint density at radius 3 is 2.76 bits per heavy atom. The lowest BCUT2D eigenvalue weighted by Crippen LogP contribution is -2.26. The molecular weight excluding hydrogens is 288 g/mol. The molecule has 0 aliphatic rings. The monoisotopic (exact) mass is 306 g/mol. The predicted molar refractivity (Wildman–Crippen MR) is 84.8 cm³/mol. The van der Waals surface area contributed by atoms with Gasteiger partial charge in [-0.25, -0.2) is 4.98 Å². The minimum atomic E-state index is -0.139. The van der Waals surface area contributed by atoms with Crippen molar-refractivity contribution in [3.05, 3.63) is 41.2 Å². The molecule has 0 unspecified atom stereocenters. The van der Waals surface area contributed by atoms with Crippen molar-refractivity contribution in [2.75, 3.05) is 13.2 Å². The second-order valence-corrected chi connectivity index (χ2v) is 5.40. The van der Waals surface area contributed by atoms with E-state index in [-0.39, 0.29) is 12.0 Å². The molecule has 0 aliphatic heterocycles. The van der Waals surface area contributed by atoms with Crippen molar-refractivity contribution in [2.24, 2.45) is 0 Å². The molecule has 0 spiro atoms. The quantitative estimate of drug-likeness (QED) is 0.657. The fraction of sp³-hybridized carbons (Fsp3) is 0.375. The number of fused-ring (bicyclic) bond motifs is 1. The van der Waals surface area contributed by atoms with Crippen molar-refractivity contribution in [3.8, 4) is 0 Å². The van der Waals surface area contributed by atoms with Gasteiger partial charge in [-0.2, -0.15) is 0 Å². The third-order valence-electron chi connectivity index (χ3n) is 3.05. The fourth-order valence-electron chi connectivity index (χ4n) is 2.03. The number of benzene rings is 1. The number of ether oxygens (including phenoxy) is 1. The number of hydrogen-bond acceptors (Lipinski definition) is 3. The molecule has 21 heavy (non-hydrogen) atoms. The highest BCUT2D eigenvalue weighted by Crippen LogP contribution is 2.23. The average molecular weight is 307 g/mol. The summed E-state index contributed by atoms with van der Waals surface area (Å²) in [7, 11) is 0. The molecule has 5 heteroatoms. The number of carbonyl (C=O) groups excluding carboxylic acids is 1. The number of nitrogens with zero attached hydrogens (tertiary/aromatic N) is 1. The van der Waals surface area contributed by atoms with E-state index in [0.717, 1.165) is 17.2 Å². The molecule has 0 atom stereocenters. The highest BCUT2D eigenvalue weighted by molar-refractivity contribution is 6.34. The van der Waals surface area contributed by atoms with E-state index in [1.54, 1.807) is 0 Å². The lowest BCUT2D eigenvalue weighted by Gasteiger charge is -2.10. The van der Waals surface area contributed by atoms with Crippen molar-refractivity contribution in [3.63, 3.8) is 0 Å². The van der Waals surface area contributed by atoms with E-state index >= 15 is 0 Å². The van der Waals surface area contributed by atoms with Gasteiger partial charge in [0.05, 0.1) is 11.7 Å². The summed E-state index contributed by atoms with van der Waals surface area (Å²) in [5.41, 5.74) is 0.541. The first-order valence-electron chi connectivity index (χ1n) is 7.02. The van der Waals surface area contributed by atoms with Crippen LogP contribution in [0.15, 0.2) is 30.5 Å². The Bertz CT molecular complexity index is 629. The van der Waals surface area contributed by atoms with Gasteiger partial charge in [0.1, 0.15) is 5.15 Å². The van der Waals surface area contributed by atoms with E-state index in [0.29, 0.717) is 23.9 Å². The van der Waals surface area contributed by atoms with E-state index in [1.165, 1.54) is 6.20 Å². The largest absolute Gasteiger partial charge is 0.379 e. The van der Waals surface area contributed by atoms with Crippen LogP contribution in [-0.2, 0) is 4.74 Å². The Morgan fingerprint density at radius 2 is 2.05 bits per heavy atom. The number of amides is 1. The van der Waals surface area contributed by atoms with Gasteiger partial charge in [-0.15, -0.1) is 0 Å². The van der Waals surface area contributed by atoms with Crippen molar-refractivity contribution < 1.29 is 9.53 Å². The van der Waals surface area contributed by atoms with Crippen molar-refractivity contribution >= 4 is 28.3 Å². The molecule has 0 fully saturated rings. The lowest BCUT2D eigenvalue weighted by molar-refractivity contribution is 0.0757. The zero-order valence-corrected chi connectivity index (χ0v) is 13.0. The topological polar surface area (TPSA) is 51.2 Å². The van der Waals surface area contributed by atoms with Crippen molar-refractivity contribution in [1.82, 2.24) is 10.3 Å². The third-order valence-corrected chi connectivity index (χ3v) is 3.35. The van der Waals surface area contributed by atoms with E-state index < -0.39 is 0 Å². The van der Waals surface area contributed by atoms with Crippen LogP contribution in [0.1, 0.15) is 30.6 Å². The number of aromatic nitrogens is 1. The maximum absolute atomic E-state index is 12.2. The lowest BCUT2D eigenvalue weighted by atomic mass is 10.1. The molecule has 2 aromatic rings. The summed E-state index contributed by atoms with van der Waals surface area (Å²) in [6, 6.07) is 7.49. The van der Waals surface area contributed by atoms with E-state index in [2.05, 4.69) is 10.3 Å². The maximum Gasteiger partial charge on any atom is 0.253 e. The first-order chi connectivity index (χ1) is 10.1.